The number of benzene rings is 1. The lowest BCUT2D eigenvalue weighted by atomic mass is 9.91. The van der Waals surface area contributed by atoms with Crippen LogP contribution in [0.25, 0.3) is 0 Å². The zero-order valence-electron chi connectivity index (χ0n) is 24.6. The molecule has 1 fully saturated rings. The van der Waals surface area contributed by atoms with Crippen molar-refractivity contribution in [3.63, 3.8) is 0 Å². The monoisotopic (exact) mass is 518 g/mol. The van der Waals surface area contributed by atoms with Crippen molar-refractivity contribution in [1.82, 2.24) is 15.1 Å². The van der Waals surface area contributed by atoms with Crippen molar-refractivity contribution in [3.8, 4) is 0 Å². The minimum absolute atomic E-state index is 0.0389. The number of carbonyl (C=O) groups is 1. The summed E-state index contributed by atoms with van der Waals surface area (Å²) in [4.78, 5) is 18.9. The van der Waals surface area contributed by atoms with Crippen LogP contribution in [0.2, 0.25) is 0 Å². The molecule has 0 aromatic heterocycles. The Morgan fingerprint density at radius 2 is 1.68 bits per heavy atom. The van der Waals surface area contributed by atoms with Crippen LogP contribution in [0, 0.1) is 5.92 Å². The average molecular weight is 519 g/mol. The van der Waals surface area contributed by atoms with E-state index in [9.17, 15) is 4.79 Å². The Bertz CT molecular complexity index is 1010. The van der Waals surface area contributed by atoms with Crippen molar-refractivity contribution in [2.24, 2.45) is 5.92 Å². The van der Waals surface area contributed by atoms with Gasteiger partial charge >= 0.3 is 0 Å². The summed E-state index contributed by atoms with van der Waals surface area (Å²) >= 11 is 0. The number of nitrogens with zero attached hydrogens (tertiary/aromatic N) is 2. The van der Waals surface area contributed by atoms with Crippen LogP contribution < -0.4 is 10.6 Å². The van der Waals surface area contributed by atoms with E-state index in [0.717, 1.165) is 69.5 Å². The van der Waals surface area contributed by atoms with Crippen molar-refractivity contribution >= 4 is 11.6 Å². The second kappa shape index (κ2) is 15.3. The number of piperazine rings is 1. The zero-order chi connectivity index (χ0) is 27.5. The van der Waals surface area contributed by atoms with E-state index in [1.54, 1.807) is 0 Å². The van der Waals surface area contributed by atoms with Gasteiger partial charge in [0.2, 0.25) is 5.91 Å². The Hall–Kier alpha value is -2.39. The number of unbranched alkanes of at least 4 members (excludes halogenated alkanes) is 1. The number of rotatable bonds is 15. The smallest absolute Gasteiger partial charge is 0.232 e. The van der Waals surface area contributed by atoms with E-state index in [4.69, 9.17) is 0 Å². The molecule has 4 unspecified atom stereocenters. The predicted octanol–water partition coefficient (Wildman–Crippen LogP) is 5.95. The van der Waals surface area contributed by atoms with Gasteiger partial charge in [-0.05, 0) is 70.7 Å². The van der Waals surface area contributed by atoms with Gasteiger partial charge in [0.05, 0.1) is 5.92 Å². The minimum Gasteiger partial charge on any atom is -0.326 e. The molecule has 1 aromatic carbocycles. The van der Waals surface area contributed by atoms with Crippen molar-refractivity contribution in [3.05, 3.63) is 65.1 Å². The number of aryl methyl sites for hydroxylation is 1. The molecule has 4 atom stereocenters. The molecule has 0 bridgehead atoms. The largest absolute Gasteiger partial charge is 0.326 e. The molecule has 1 aromatic rings. The van der Waals surface area contributed by atoms with Crippen molar-refractivity contribution in [2.75, 3.05) is 31.5 Å². The van der Waals surface area contributed by atoms with Crippen molar-refractivity contribution in [2.45, 2.75) is 97.8 Å². The van der Waals surface area contributed by atoms with Gasteiger partial charge in [-0.2, -0.15) is 0 Å². The maximum atomic E-state index is 13.7. The summed E-state index contributed by atoms with van der Waals surface area (Å²) in [5, 5.41) is 7.08. The first kappa shape index (κ1) is 30.2. The Labute approximate surface area is 231 Å². The highest BCUT2D eigenvalue weighted by atomic mass is 16.1. The maximum absolute atomic E-state index is 13.7. The first-order valence-corrected chi connectivity index (χ1v) is 14.8. The van der Waals surface area contributed by atoms with E-state index >= 15 is 0 Å². The fourth-order valence-corrected chi connectivity index (χ4v) is 5.49. The molecule has 1 saturated heterocycles. The Morgan fingerprint density at radius 3 is 2.24 bits per heavy atom. The quantitative estimate of drug-likeness (QED) is 0.282. The second-order valence-electron chi connectivity index (χ2n) is 11.4. The zero-order valence-corrected chi connectivity index (χ0v) is 24.6. The van der Waals surface area contributed by atoms with Crippen LogP contribution in [0.15, 0.2) is 59.5 Å². The fraction of sp³-hybridized carbons (Fsp3) is 0.606. The van der Waals surface area contributed by atoms with Gasteiger partial charge in [-0.15, -0.1) is 0 Å². The lowest BCUT2D eigenvalue weighted by Gasteiger charge is -2.40. The normalized spacial score (nSPS) is 19.3. The molecule has 5 nitrogen and oxygen atoms in total. The summed E-state index contributed by atoms with van der Waals surface area (Å²) in [6.45, 7) is 18.1. The molecule has 0 spiro atoms. The number of carbonyl (C=O) groups excluding carboxylic acids is 1. The first-order valence-electron chi connectivity index (χ1n) is 14.8. The Kier molecular flexibility index (Phi) is 12.1. The van der Waals surface area contributed by atoms with E-state index in [1.807, 2.05) is 24.3 Å². The molecule has 3 rings (SSSR count). The molecule has 2 N–H and O–H groups in total. The summed E-state index contributed by atoms with van der Waals surface area (Å²) in [7, 11) is 0. The summed E-state index contributed by atoms with van der Waals surface area (Å²) in [6.07, 6.45) is 11.2. The summed E-state index contributed by atoms with van der Waals surface area (Å²) in [5.74, 6) is -0.236. The molecule has 5 heteroatoms. The number of hydrogen-bond donors (Lipinski definition) is 2. The van der Waals surface area contributed by atoms with Gasteiger partial charge in [0.1, 0.15) is 0 Å². The number of nitrogens with one attached hydrogen (secondary N) is 2. The average Bonchev–Trinajstić information content (AvgIpc) is 2.88. The highest BCUT2D eigenvalue weighted by Crippen LogP contribution is 2.21. The van der Waals surface area contributed by atoms with Gasteiger partial charge in [0, 0.05) is 67.7 Å². The summed E-state index contributed by atoms with van der Waals surface area (Å²) < 4.78 is 0. The molecule has 1 amide bonds. The standard InChI is InChI=1S/C33H50N4O/c1-7-9-13-32(34-26(5)24-27(6)37-22-20-36(21-23-37)25(3)4)31(19-16-29-11-10-12-29)33(38)35-30-17-14-28(8-2)15-18-30/h11,14-19,25-27,31-32,34H,7-9,13,20-24H2,1-6H3,(H,35,38)/b19-16-. The molecule has 0 saturated carbocycles. The van der Waals surface area contributed by atoms with Crippen LogP contribution in [-0.4, -0.2) is 66.1 Å². The van der Waals surface area contributed by atoms with Crippen LogP contribution in [0.4, 0.5) is 5.69 Å². The molecule has 1 aliphatic heterocycles. The maximum Gasteiger partial charge on any atom is 0.232 e. The molecular formula is C33H50N4O. The molecule has 2 aliphatic rings. The molecule has 0 radical (unpaired) electrons. The molecule has 208 valence electrons. The third kappa shape index (κ3) is 9.12. The minimum atomic E-state index is -0.275. The van der Waals surface area contributed by atoms with Gasteiger partial charge < -0.3 is 10.6 Å². The third-order valence-electron chi connectivity index (χ3n) is 8.06. The van der Waals surface area contributed by atoms with Gasteiger partial charge in [-0.3, -0.25) is 14.6 Å². The van der Waals surface area contributed by atoms with E-state index in [1.165, 1.54) is 5.56 Å². The van der Waals surface area contributed by atoms with Crippen molar-refractivity contribution < 1.29 is 4.79 Å². The topological polar surface area (TPSA) is 47.6 Å². The van der Waals surface area contributed by atoms with E-state index in [0.29, 0.717) is 18.1 Å². The van der Waals surface area contributed by atoms with Gasteiger partial charge in [-0.1, -0.05) is 56.4 Å². The molecular weight excluding hydrogens is 468 g/mol. The molecule has 1 heterocycles. The van der Waals surface area contributed by atoms with Gasteiger partial charge in [0.15, 0.2) is 0 Å². The lowest BCUT2D eigenvalue weighted by Crippen LogP contribution is -2.53. The highest BCUT2D eigenvalue weighted by molar-refractivity contribution is 5.94. The van der Waals surface area contributed by atoms with Crippen LogP contribution in [-0.2, 0) is 11.2 Å². The highest BCUT2D eigenvalue weighted by Gasteiger charge is 2.29. The summed E-state index contributed by atoms with van der Waals surface area (Å²) in [5.41, 5.74) is 9.11. The van der Waals surface area contributed by atoms with E-state index < -0.39 is 0 Å². The number of allylic oxidation sites excluding steroid dienone is 3. The SMILES string of the molecule is CCCCC(NC(C)CC(C)N1CCN(C(C)C)CC1)C(/C=C\C1=C=C=C1)C(=O)Nc1ccc(CC)cc1. The number of anilines is 1. The lowest BCUT2D eigenvalue weighted by molar-refractivity contribution is -0.119. The first-order chi connectivity index (χ1) is 18.3. The third-order valence-corrected chi connectivity index (χ3v) is 8.06. The Balaban J connectivity index is 1.68. The second-order valence-corrected chi connectivity index (χ2v) is 11.4. The van der Waals surface area contributed by atoms with Crippen molar-refractivity contribution in [1.29, 1.82) is 0 Å². The number of amides is 1. The van der Waals surface area contributed by atoms with Crippen LogP contribution in [0.5, 0.6) is 0 Å². The van der Waals surface area contributed by atoms with Gasteiger partial charge in [0.25, 0.3) is 0 Å². The van der Waals surface area contributed by atoms with E-state index in [-0.39, 0.29) is 17.9 Å². The molecule has 38 heavy (non-hydrogen) atoms. The van der Waals surface area contributed by atoms with E-state index in [2.05, 4.69) is 91.6 Å². The Morgan fingerprint density at radius 1 is 1.03 bits per heavy atom. The predicted molar refractivity (Wildman–Crippen MR) is 160 cm³/mol. The van der Waals surface area contributed by atoms with Crippen LogP contribution in [0.1, 0.15) is 72.8 Å². The van der Waals surface area contributed by atoms with Crippen LogP contribution in [0.3, 0.4) is 0 Å². The molecule has 1 aliphatic carbocycles. The van der Waals surface area contributed by atoms with Crippen LogP contribution >= 0.6 is 0 Å². The fourth-order valence-electron chi connectivity index (χ4n) is 5.49. The summed E-state index contributed by atoms with van der Waals surface area (Å²) in [6, 6.07) is 9.70. The van der Waals surface area contributed by atoms with Gasteiger partial charge in [-0.25, -0.2) is 0 Å². The number of hydrogen-bond acceptors (Lipinski definition) is 4.